The summed E-state index contributed by atoms with van der Waals surface area (Å²) in [5, 5.41) is 3.35. The van der Waals surface area contributed by atoms with E-state index in [0.717, 1.165) is 44.2 Å². The Labute approximate surface area is 185 Å². The molecule has 160 valence electrons. The lowest BCUT2D eigenvalue weighted by molar-refractivity contribution is 0.0536. The zero-order valence-corrected chi connectivity index (χ0v) is 20.0. The molecule has 1 unspecified atom stereocenters. The Morgan fingerprint density at radius 1 is 1.29 bits per heavy atom. The quantitative estimate of drug-likeness (QED) is 0.231. The number of likely N-dealkylation sites (tertiary alicyclic amines) is 1. The molecule has 1 fully saturated rings. The molecule has 1 aliphatic heterocycles. The van der Waals surface area contributed by atoms with Gasteiger partial charge in [0.15, 0.2) is 15.8 Å². The maximum atomic E-state index is 11.6. The number of hydrogen-bond donors (Lipinski definition) is 1. The highest BCUT2D eigenvalue weighted by Crippen LogP contribution is 2.17. The Hall–Kier alpha value is -0.910. The molecule has 28 heavy (non-hydrogen) atoms. The van der Waals surface area contributed by atoms with Crippen LogP contribution in [0.3, 0.4) is 0 Å². The van der Waals surface area contributed by atoms with E-state index in [1.165, 1.54) is 6.26 Å². The van der Waals surface area contributed by atoms with Crippen molar-refractivity contribution in [2.45, 2.75) is 24.8 Å². The number of nitrogens with one attached hydrogen (secondary N) is 1. The molecule has 2 rings (SSSR count). The Bertz CT molecular complexity index is 710. The molecular formula is C19H32IN3O4S. The number of rotatable bonds is 9. The molecule has 0 saturated carbocycles. The standard InChI is InChI=1S/C19H31N3O4S.HI/c1-4-20-19(22-10-9-17(14-22)15-26-12-11-25-2)21-13-16-5-7-18(8-6-16)27(3,23)24;/h5-8,17H,4,9-15H2,1-3H3,(H,20,21);1H. The first-order valence-electron chi connectivity index (χ1n) is 9.33. The second kappa shape index (κ2) is 12.6. The van der Waals surface area contributed by atoms with Gasteiger partial charge >= 0.3 is 0 Å². The van der Waals surface area contributed by atoms with Gasteiger partial charge in [-0.25, -0.2) is 13.4 Å². The van der Waals surface area contributed by atoms with Crippen LogP contribution in [0.15, 0.2) is 34.2 Å². The van der Waals surface area contributed by atoms with Crippen LogP contribution in [-0.4, -0.2) is 72.1 Å². The van der Waals surface area contributed by atoms with E-state index in [1.807, 2.05) is 12.1 Å². The summed E-state index contributed by atoms with van der Waals surface area (Å²) >= 11 is 0. The summed E-state index contributed by atoms with van der Waals surface area (Å²) in [6.07, 6.45) is 2.30. The second-order valence-corrected chi connectivity index (χ2v) is 8.77. The summed E-state index contributed by atoms with van der Waals surface area (Å²) in [7, 11) is -1.49. The molecular weight excluding hydrogens is 493 g/mol. The molecule has 1 atom stereocenters. The molecule has 0 aromatic heterocycles. The van der Waals surface area contributed by atoms with Gasteiger partial charge in [-0.05, 0) is 31.0 Å². The average molecular weight is 525 g/mol. The SMILES string of the molecule is CCNC(=NCc1ccc(S(C)(=O)=O)cc1)N1CCC(COCCOC)C1.I. The number of hydrogen-bond acceptors (Lipinski definition) is 5. The van der Waals surface area contributed by atoms with Crippen molar-refractivity contribution < 1.29 is 17.9 Å². The van der Waals surface area contributed by atoms with Crippen LogP contribution < -0.4 is 5.32 Å². The highest BCUT2D eigenvalue weighted by Gasteiger charge is 2.24. The van der Waals surface area contributed by atoms with Crippen LogP contribution in [0.25, 0.3) is 0 Å². The van der Waals surface area contributed by atoms with Gasteiger partial charge in [0.2, 0.25) is 0 Å². The van der Waals surface area contributed by atoms with Gasteiger partial charge < -0.3 is 19.7 Å². The number of benzene rings is 1. The van der Waals surface area contributed by atoms with Crippen LogP contribution in [-0.2, 0) is 25.9 Å². The molecule has 1 saturated heterocycles. The summed E-state index contributed by atoms with van der Waals surface area (Å²) in [6, 6.07) is 6.91. The van der Waals surface area contributed by atoms with E-state index in [-0.39, 0.29) is 24.0 Å². The van der Waals surface area contributed by atoms with E-state index in [0.29, 0.717) is 30.6 Å². The van der Waals surface area contributed by atoms with E-state index in [9.17, 15) is 8.42 Å². The van der Waals surface area contributed by atoms with Crippen LogP contribution in [0.1, 0.15) is 18.9 Å². The fraction of sp³-hybridized carbons (Fsp3) is 0.632. The van der Waals surface area contributed by atoms with E-state index in [4.69, 9.17) is 14.5 Å². The minimum Gasteiger partial charge on any atom is -0.382 e. The van der Waals surface area contributed by atoms with Gasteiger partial charge in [0.25, 0.3) is 0 Å². The number of halogens is 1. The van der Waals surface area contributed by atoms with Crippen molar-refractivity contribution in [3.05, 3.63) is 29.8 Å². The topological polar surface area (TPSA) is 80.2 Å². The van der Waals surface area contributed by atoms with Crippen molar-refractivity contribution in [3.63, 3.8) is 0 Å². The van der Waals surface area contributed by atoms with Gasteiger partial charge in [-0.3, -0.25) is 0 Å². The minimum atomic E-state index is -3.17. The highest BCUT2D eigenvalue weighted by molar-refractivity contribution is 14.0. The molecule has 1 aliphatic rings. The van der Waals surface area contributed by atoms with Crippen LogP contribution in [0, 0.1) is 5.92 Å². The lowest BCUT2D eigenvalue weighted by Crippen LogP contribution is -2.40. The first kappa shape index (κ1) is 25.1. The van der Waals surface area contributed by atoms with E-state index in [1.54, 1.807) is 19.2 Å². The fourth-order valence-electron chi connectivity index (χ4n) is 2.99. The predicted molar refractivity (Wildman–Crippen MR) is 122 cm³/mol. The molecule has 1 aromatic rings. The number of nitrogens with zero attached hydrogens (tertiary/aromatic N) is 2. The van der Waals surface area contributed by atoms with Crippen molar-refractivity contribution >= 4 is 39.8 Å². The van der Waals surface area contributed by atoms with Crippen LogP contribution in [0.2, 0.25) is 0 Å². The summed E-state index contributed by atoms with van der Waals surface area (Å²) in [5.74, 6) is 1.39. The highest BCUT2D eigenvalue weighted by atomic mass is 127. The Kier molecular flexibility index (Phi) is 11.3. The molecule has 1 heterocycles. The third-order valence-corrected chi connectivity index (χ3v) is 5.60. The summed E-state index contributed by atoms with van der Waals surface area (Å²) in [4.78, 5) is 7.32. The van der Waals surface area contributed by atoms with E-state index < -0.39 is 9.84 Å². The molecule has 7 nitrogen and oxygen atoms in total. The van der Waals surface area contributed by atoms with Gasteiger partial charge in [-0.2, -0.15) is 0 Å². The van der Waals surface area contributed by atoms with Crippen LogP contribution in [0.4, 0.5) is 0 Å². The molecule has 0 radical (unpaired) electrons. The van der Waals surface area contributed by atoms with Crippen molar-refractivity contribution in [2.75, 3.05) is 52.8 Å². The molecule has 1 aromatic carbocycles. The Morgan fingerprint density at radius 2 is 2.00 bits per heavy atom. The van der Waals surface area contributed by atoms with Gasteiger partial charge in [-0.15, -0.1) is 24.0 Å². The predicted octanol–water partition coefficient (Wildman–Crippen LogP) is 2.16. The van der Waals surface area contributed by atoms with Crippen molar-refractivity contribution in [1.82, 2.24) is 10.2 Å². The lowest BCUT2D eigenvalue weighted by Gasteiger charge is -2.21. The molecule has 0 aliphatic carbocycles. The van der Waals surface area contributed by atoms with Crippen LogP contribution >= 0.6 is 24.0 Å². The summed E-state index contributed by atoms with van der Waals surface area (Å²) in [6.45, 7) is 7.24. The Morgan fingerprint density at radius 3 is 2.61 bits per heavy atom. The monoisotopic (exact) mass is 525 g/mol. The summed E-state index contributed by atoms with van der Waals surface area (Å²) < 4.78 is 33.8. The van der Waals surface area contributed by atoms with Crippen LogP contribution in [0.5, 0.6) is 0 Å². The minimum absolute atomic E-state index is 0. The van der Waals surface area contributed by atoms with Gasteiger partial charge in [-0.1, -0.05) is 12.1 Å². The number of aliphatic imine (C=N–C) groups is 1. The third kappa shape index (κ3) is 8.22. The number of ether oxygens (including phenoxy) is 2. The largest absolute Gasteiger partial charge is 0.382 e. The van der Waals surface area contributed by atoms with E-state index >= 15 is 0 Å². The zero-order valence-electron chi connectivity index (χ0n) is 16.9. The molecule has 1 N–H and O–H groups in total. The number of guanidine groups is 1. The fourth-order valence-corrected chi connectivity index (χ4v) is 3.62. The van der Waals surface area contributed by atoms with Gasteiger partial charge in [0.1, 0.15) is 0 Å². The molecule has 0 spiro atoms. The van der Waals surface area contributed by atoms with Gasteiger partial charge in [0.05, 0.1) is 31.3 Å². The van der Waals surface area contributed by atoms with E-state index in [2.05, 4.69) is 17.1 Å². The maximum absolute atomic E-state index is 11.6. The smallest absolute Gasteiger partial charge is 0.194 e. The number of methoxy groups -OCH3 is 1. The van der Waals surface area contributed by atoms with Crippen molar-refractivity contribution in [1.29, 1.82) is 0 Å². The van der Waals surface area contributed by atoms with Crippen molar-refractivity contribution in [3.8, 4) is 0 Å². The first-order chi connectivity index (χ1) is 12.9. The van der Waals surface area contributed by atoms with Crippen molar-refractivity contribution in [2.24, 2.45) is 10.9 Å². The zero-order chi connectivity index (χ0) is 19.7. The molecule has 0 amide bonds. The van der Waals surface area contributed by atoms with Gasteiger partial charge in [0, 0.05) is 38.9 Å². The summed E-state index contributed by atoms with van der Waals surface area (Å²) in [5.41, 5.74) is 0.983. The third-order valence-electron chi connectivity index (χ3n) is 4.47. The lowest BCUT2D eigenvalue weighted by atomic mass is 10.1. The molecule has 9 heteroatoms. The normalized spacial score (nSPS) is 17.5. The second-order valence-electron chi connectivity index (χ2n) is 6.75. The average Bonchev–Trinajstić information content (AvgIpc) is 3.11. The Balaban J connectivity index is 0.00000392. The molecule has 0 bridgehead atoms. The number of sulfone groups is 1. The first-order valence-corrected chi connectivity index (χ1v) is 11.2. The maximum Gasteiger partial charge on any atom is 0.194 e.